The van der Waals surface area contributed by atoms with Gasteiger partial charge in [0.25, 0.3) is 0 Å². The number of hydrogen-bond donors (Lipinski definition) is 2. The second kappa shape index (κ2) is 6.11. The molecule has 21 heavy (non-hydrogen) atoms. The molecule has 5 nitrogen and oxygen atoms in total. The molecule has 0 saturated carbocycles. The van der Waals surface area contributed by atoms with Gasteiger partial charge in [0.05, 0.1) is 5.41 Å². The number of anilines is 1. The summed E-state index contributed by atoms with van der Waals surface area (Å²) < 4.78 is 13.1. The van der Waals surface area contributed by atoms with E-state index in [0.717, 1.165) is 0 Å². The molecule has 0 spiro atoms. The van der Waals surface area contributed by atoms with Gasteiger partial charge in [0.2, 0.25) is 0 Å². The molecule has 1 fully saturated rings. The highest BCUT2D eigenvalue weighted by Crippen LogP contribution is 2.35. The van der Waals surface area contributed by atoms with Crippen LogP contribution in [0.3, 0.4) is 0 Å². The Balaban J connectivity index is 1.96. The number of hydrogen-bond acceptors (Lipinski definition) is 2. The minimum Gasteiger partial charge on any atom is -0.481 e. The number of nitrogens with one attached hydrogen (secondary N) is 1. The molecule has 1 saturated heterocycles. The Morgan fingerprint density at radius 3 is 2.57 bits per heavy atom. The fraction of sp³-hybridized carbons (Fsp3) is 0.467. The Hall–Kier alpha value is -2.11. The summed E-state index contributed by atoms with van der Waals surface area (Å²) in [6.45, 7) is 2.64. The van der Waals surface area contributed by atoms with Crippen molar-refractivity contribution in [3.63, 3.8) is 0 Å². The van der Waals surface area contributed by atoms with Gasteiger partial charge in [-0.2, -0.15) is 0 Å². The number of urea groups is 1. The lowest BCUT2D eigenvalue weighted by molar-refractivity contribution is -0.151. The van der Waals surface area contributed by atoms with Gasteiger partial charge in [0.1, 0.15) is 5.82 Å². The van der Waals surface area contributed by atoms with E-state index in [1.165, 1.54) is 18.2 Å². The third-order valence-electron chi connectivity index (χ3n) is 4.21. The van der Waals surface area contributed by atoms with Crippen LogP contribution in [0.4, 0.5) is 14.9 Å². The molecule has 1 aliphatic heterocycles. The Bertz CT molecular complexity index is 539. The first kappa shape index (κ1) is 15.3. The van der Waals surface area contributed by atoms with Crippen LogP contribution in [-0.2, 0) is 4.79 Å². The van der Waals surface area contributed by atoms with Crippen LogP contribution in [0.25, 0.3) is 0 Å². The van der Waals surface area contributed by atoms with Crippen LogP contribution < -0.4 is 5.32 Å². The highest BCUT2D eigenvalue weighted by atomic mass is 19.1. The molecule has 114 valence electrons. The van der Waals surface area contributed by atoms with Crippen molar-refractivity contribution in [2.45, 2.75) is 26.2 Å². The maximum Gasteiger partial charge on any atom is 0.321 e. The zero-order valence-corrected chi connectivity index (χ0v) is 11.9. The number of rotatable bonds is 3. The molecular formula is C15H19FN2O3. The number of likely N-dealkylation sites (tertiary alicyclic amines) is 1. The van der Waals surface area contributed by atoms with Gasteiger partial charge in [0, 0.05) is 18.8 Å². The number of carbonyl (C=O) groups is 2. The lowest BCUT2D eigenvalue weighted by Crippen LogP contribution is -2.47. The van der Waals surface area contributed by atoms with Gasteiger partial charge in [-0.25, -0.2) is 9.18 Å². The van der Waals surface area contributed by atoms with Crippen LogP contribution in [0, 0.1) is 11.2 Å². The van der Waals surface area contributed by atoms with E-state index >= 15 is 0 Å². The maximum absolute atomic E-state index is 13.1. The Morgan fingerprint density at radius 2 is 2.05 bits per heavy atom. The Kier molecular flexibility index (Phi) is 4.45. The molecule has 1 heterocycles. The maximum atomic E-state index is 13.1. The molecule has 6 heteroatoms. The van der Waals surface area contributed by atoms with Crippen molar-refractivity contribution in [3.8, 4) is 0 Å². The highest BCUT2D eigenvalue weighted by Gasteiger charge is 2.40. The van der Waals surface area contributed by atoms with E-state index in [2.05, 4.69) is 5.32 Å². The molecule has 0 bridgehead atoms. The number of carbonyl (C=O) groups excluding carboxylic acids is 1. The minimum absolute atomic E-state index is 0.323. The van der Waals surface area contributed by atoms with E-state index in [1.54, 1.807) is 11.0 Å². The second-order valence-corrected chi connectivity index (χ2v) is 5.37. The van der Waals surface area contributed by atoms with Gasteiger partial charge in [-0.05, 0) is 37.5 Å². The normalized spacial score (nSPS) is 17.3. The first-order valence-electron chi connectivity index (χ1n) is 7.02. The molecule has 0 radical (unpaired) electrons. The largest absolute Gasteiger partial charge is 0.481 e. The Morgan fingerprint density at radius 1 is 1.38 bits per heavy atom. The van der Waals surface area contributed by atoms with E-state index in [-0.39, 0.29) is 6.03 Å². The number of amides is 2. The van der Waals surface area contributed by atoms with E-state index in [4.69, 9.17) is 0 Å². The lowest BCUT2D eigenvalue weighted by Gasteiger charge is -2.38. The van der Waals surface area contributed by atoms with Crippen molar-refractivity contribution in [3.05, 3.63) is 30.1 Å². The number of carboxylic acid groups (broad SMARTS) is 1. The van der Waals surface area contributed by atoms with Gasteiger partial charge in [-0.15, -0.1) is 0 Å². The quantitative estimate of drug-likeness (QED) is 0.900. The average Bonchev–Trinajstić information content (AvgIpc) is 2.47. The molecule has 2 N–H and O–H groups in total. The SMILES string of the molecule is CCC1(C(=O)O)CCN(C(=O)Nc2cccc(F)c2)CC1. The van der Waals surface area contributed by atoms with Crippen molar-refractivity contribution < 1.29 is 19.1 Å². The van der Waals surface area contributed by atoms with Crippen LogP contribution in [0.1, 0.15) is 26.2 Å². The van der Waals surface area contributed by atoms with Crippen molar-refractivity contribution in [1.29, 1.82) is 0 Å². The summed E-state index contributed by atoms with van der Waals surface area (Å²) in [7, 11) is 0. The molecule has 2 rings (SSSR count). The minimum atomic E-state index is -0.796. The molecule has 2 amide bonds. The molecule has 0 aliphatic carbocycles. The molecule has 1 aromatic carbocycles. The molecule has 1 aromatic rings. The highest BCUT2D eigenvalue weighted by molar-refractivity contribution is 5.89. The van der Waals surface area contributed by atoms with E-state index < -0.39 is 17.2 Å². The average molecular weight is 294 g/mol. The topological polar surface area (TPSA) is 69.6 Å². The summed E-state index contributed by atoms with van der Waals surface area (Å²) in [5.41, 5.74) is -0.333. The number of nitrogens with zero attached hydrogens (tertiary/aromatic N) is 1. The zero-order valence-electron chi connectivity index (χ0n) is 11.9. The van der Waals surface area contributed by atoms with Crippen LogP contribution in [-0.4, -0.2) is 35.1 Å². The van der Waals surface area contributed by atoms with Crippen LogP contribution >= 0.6 is 0 Å². The van der Waals surface area contributed by atoms with Gasteiger partial charge in [-0.1, -0.05) is 13.0 Å². The first-order chi connectivity index (χ1) is 9.97. The fourth-order valence-corrected chi connectivity index (χ4v) is 2.63. The summed E-state index contributed by atoms with van der Waals surface area (Å²) in [6, 6.07) is 5.36. The molecule has 0 aromatic heterocycles. The number of aliphatic carboxylic acids is 1. The van der Waals surface area contributed by atoms with Crippen LogP contribution in [0.15, 0.2) is 24.3 Å². The van der Waals surface area contributed by atoms with Gasteiger partial charge in [-0.3, -0.25) is 4.79 Å². The van der Waals surface area contributed by atoms with Gasteiger partial charge < -0.3 is 15.3 Å². The predicted molar refractivity (Wildman–Crippen MR) is 76.6 cm³/mol. The number of piperidine rings is 1. The fourth-order valence-electron chi connectivity index (χ4n) is 2.63. The van der Waals surface area contributed by atoms with Gasteiger partial charge >= 0.3 is 12.0 Å². The molecule has 0 atom stereocenters. The van der Waals surface area contributed by atoms with Crippen molar-refractivity contribution in [2.75, 3.05) is 18.4 Å². The standard InChI is InChI=1S/C15H19FN2O3/c1-2-15(13(19)20)6-8-18(9-7-15)14(21)17-12-5-3-4-11(16)10-12/h3-5,10H,2,6-9H2,1H3,(H,17,21)(H,19,20). The van der Waals surface area contributed by atoms with E-state index in [9.17, 15) is 19.1 Å². The van der Waals surface area contributed by atoms with Crippen LogP contribution in [0.5, 0.6) is 0 Å². The Labute approximate surface area is 122 Å². The van der Waals surface area contributed by atoms with Crippen molar-refractivity contribution in [1.82, 2.24) is 4.90 Å². The zero-order chi connectivity index (χ0) is 15.5. The van der Waals surface area contributed by atoms with E-state index in [1.807, 2.05) is 6.92 Å². The summed E-state index contributed by atoms with van der Waals surface area (Å²) >= 11 is 0. The summed E-state index contributed by atoms with van der Waals surface area (Å²) in [4.78, 5) is 25.0. The third-order valence-corrected chi connectivity index (χ3v) is 4.21. The number of benzene rings is 1. The monoisotopic (exact) mass is 294 g/mol. The smallest absolute Gasteiger partial charge is 0.321 e. The first-order valence-corrected chi connectivity index (χ1v) is 7.02. The lowest BCUT2D eigenvalue weighted by atomic mass is 9.76. The van der Waals surface area contributed by atoms with Gasteiger partial charge in [0.15, 0.2) is 0 Å². The number of halogens is 1. The van der Waals surface area contributed by atoms with Crippen LogP contribution in [0.2, 0.25) is 0 Å². The second-order valence-electron chi connectivity index (χ2n) is 5.37. The number of carboxylic acids is 1. The predicted octanol–water partition coefficient (Wildman–Crippen LogP) is 2.93. The van der Waals surface area contributed by atoms with Crippen molar-refractivity contribution >= 4 is 17.7 Å². The summed E-state index contributed by atoms with van der Waals surface area (Å²) in [5.74, 6) is -1.21. The van der Waals surface area contributed by atoms with E-state index in [0.29, 0.717) is 38.0 Å². The molecule has 1 aliphatic rings. The third kappa shape index (κ3) is 3.32. The molecule has 0 unspecified atom stereocenters. The molecular weight excluding hydrogens is 275 g/mol. The summed E-state index contributed by atoms with van der Waals surface area (Å²) in [5, 5.41) is 11.9. The van der Waals surface area contributed by atoms with Crippen molar-refractivity contribution in [2.24, 2.45) is 5.41 Å². The summed E-state index contributed by atoms with van der Waals surface area (Å²) in [6.07, 6.45) is 1.44.